The van der Waals surface area contributed by atoms with Crippen molar-refractivity contribution < 1.29 is 9.53 Å². The van der Waals surface area contributed by atoms with Gasteiger partial charge in [-0.15, -0.1) is 0 Å². The van der Waals surface area contributed by atoms with E-state index in [4.69, 9.17) is 9.73 Å². The molecule has 0 radical (unpaired) electrons. The van der Waals surface area contributed by atoms with E-state index in [1.54, 1.807) is 0 Å². The number of carbonyl (C=O) groups is 1. The fourth-order valence-electron chi connectivity index (χ4n) is 4.24. The van der Waals surface area contributed by atoms with Crippen molar-refractivity contribution in [3.8, 4) is 0 Å². The zero-order chi connectivity index (χ0) is 20.6. The van der Waals surface area contributed by atoms with Crippen LogP contribution in [-0.4, -0.2) is 67.1 Å². The van der Waals surface area contributed by atoms with Crippen LogP contribution in [0, 0.1) is 5.92 Å². The van der Waals surface area contributed by atoms with Crippen LogP contribution in [0.2, 0.25) is 0 Å². The molecule has 1 aromatic carbocycles. The highest BCUT2D eigenvalue weighted by molar-refractivity contribution is 5.80. The number of rotatable bonds is 6. The van der Waals surface area contributed by atoms with Gasteiger partial charge in [0.05, 0.1) is 19.1 Å². The van der Waals surface area contributed by atoms with Crippen LogP contribution in [0.15, 0.2) is 29.3 Å². The summed E-state index contributed by atoms with van der Waals surface area (Å²) in [5.41, 5.74) is 2.93. The number of nitrogens with zero attached hydrogens (tertiary/aromatic N) is 3. The minimum atomic E-state index is -0.0481. The fourth-order valence-corrected chi connectivity index (χ4v) is 4.24. The summed E-state index contributed by atoms with van der Waals surface area (Å²) in [4.78, 5) is 21.8. The van der Waals surface area contributed by atoms with Crippen LogP contribution in [0.25, 0.3) is 0 Å². The van der Waals surface area contributed by atoms with Crippen LogP contribution in [0.4, 0.5) is 0 Å². The highest BCUT2D eigenvalue weighted by atomic mass is 16.5. The number of aliphatic imine (C=N–C) groups is 1. The third-order valence-electron chi connectivity index (χ3n) is 6.04. The lowest BCUT2D eigenvalue weighted by Gasteiger charge is -2.35. The maximum absolute atomic E-state index is 12.0. The van der Waals surface area contributed by atoms with E-state index in [1.807, 2.05) is 6.92 Å². The number of fused-ring (bicyclic) bond motifs is 1. The van der Waals surface area contributed by atoms with E-state index < -0.39 is 0 Å². The van der Waals surface area contributed by atoms with Gasteiger partial charge in [-0.05, 0) is 51.2 Å². The van der Waals surface area contributed by atoms with E-state index in [9.17, 15) is 4.79 Å². The zero-order valence-corrected chi connectivity index (χ0v) is 18.2. The van der Waals surface area contributed by atoms with Crippen molar-refractivity contribution in [3.63, 3.8) is 0 Å². The second-order valence-corrected chi connectivity index (χ2v) is 8.05. The molecule has 1 N–H and O–H groups in total. The second-order valence-electron chi connectivity index (χ2n) is 8.05. The Hall–Kier alpha value is -2.08. The van der Waals surface area contributed by atoms with Gasteiger partial charge in [0.15, 0.2) is 5.96 Å². The molecular weight excluding hydrogens is 364 g/mol. The molecule has 1 fully saturated rings. The van der Waals surface area contributed by atoms with Gasteiger partial charge in [0.1, 0.15) is 0 Å². The molecule has 6 nitrogen and oxygen atoms in total. The number of esters is 1. The van der Waals surface area contributed by atoms with Crippen molar-refractivity contribution in [2.45, 2.75) is 52.6 Å². The summed E-state index contributed by atoms with van der Waals surface area (Å²) in [7, 11) is 0. The van der Waals surface area contributed by atoms with Crippen molar-refractivity contribution in [1.82, 2.24) is 15.1 Å². The summed E-state index contributed by atoms with van der Waals surface area (Å²) >= 11 is 0. The molecule has 0 aliphatic carbocycles. The maximum atomic E-state index is 12.0. The molecule has 6 heteroatoms. The molecule has 1 saturated heterocycles. The lowest BCUT2D eigenvalue weighted by atomic mass is 9.97. The van der Waals surface area contributed by atoms with Crippen molar-refractivity contribution in [1.29, 1.82) is 0 Å². The van der Waals surface area contributed by atoms with E-state index in [0.717, 1.165) is 64.5 Å². The van der Waals surface area contributed by atoms with Gasteiger partial charge in [0.25, 0.3) is 0 Å². The summed E-state index contributed by atoms with van der Waals surface area (Å²) in [5, 5.41) is 3.44. The van der Waals surface area contributed by atoms with Crippen molar-refractivity contribution in [3.05, 3.63) is 35.4 Å². The summed E-state index contributed by atoms with van der Waals surface area (Å²) < 4.78 is 5.19. The normalized spacial score (nSPS) is 19.6. The fraction of sp³-hybridized carbons (Fsp3) is 0.652. The molecule has 0 amide bonds. The number of nitrogens with one attached hydrogen (secondary N) is 1. The number of hydrogen-bond acceptors (Lipinski definition) is 4. The lowest BCUT2D eigenvalue weighted by molar-refractivity contribution is -0.149. The van der Waals surface area contributed by atoms with Gasteiger partial charge in [0.2, 0.25) is 0 Å². The molecule has 2 aliphatic heterocycles. The van der Waals surface area contributed by atoms with Crippen LogP contribution in [0.1, 0.15) is 44.7 Å². The van der Waals surface area contributed by atoms with Gasteiger partial charge < -0.3 is 15.0 Å². The predicted octanol–water partition coefficient (Wildman–Crippen LogP) is 2.67. The molecule has 160 valence electrons. The summed E-state index contributed by atoms with van der Waals surface area (Å²) in [6.45, 7) is 12.1. The van der Waals surface area contributed by atoms with Gasteiger partial charge in [0, 0.05) is 38.8 Å². The Bertz CT molecular complexity index is 698. The first-order chi connectivity index (χ1) is 14.1. The molecule has 0 bridgehead atoms. The van der Waals surface area contributed by atoms with Crippen LogP contribution < -0.4 is 5.32 Å². The molecular formula is C23H36N4O2. The quantitative estimate of drug-likeness (QED) is 0.452. The smallest absolute Gasteiger partial charge is 0.309 e. The minimum absolute atomic E-state index is 0.0291. The van der Waals surface area contributed by atoms with E-state index in [-0.39, 0.29) is 11.9 Å². The Balaban J connectivity index is 1.55. The molecule has 0 saturated carbocycles. The highest BCUT2D eigenvalue weighted by Crippen LogP contribution is 2.21. The van der Waals surface area contributed by atoms with Crippen LogP contribution in [-0.2, 0) is 22.5 Å². The molecule has 1 unspecified atom stereocenters. The van der Waals surface area contributed by atoms with Gasteiger partial charge in [-0.2, -0.15) is 0 Å². The minimum Gasteiger partial charge on any atom is -0.466 e. The first kappa shape index (κ1) is 21.6. The van der Waals surface area contributed by atoms with Crippen LogP contribution in [0.3, 0.4) is 0 Å². The van der Waals surface area contributed by atoms with E-state index >= 15 is 0 Å². The summed E-state index contributed by atoms with van der Waals surface area (Å²) in [6, 6.07) is 9.16. The Morgan fingerprint density at radius 1 is 1.21 bits per heavy atom. The van der Waals surface area contributed by atoms with Gasteiger partial charge in [-0.25, -0.2) is 0 Å². The molecule has 2 aliphatic rings. The average Bonchev–Trinajstić information content (AvgIpc) is 2.76. The standard InChI is InChI=1S/C23H36N4O2/c1-4-24-23(26-13-11-20(12-14-26)22(28)29-5-2)25-16-18(3)27-15-10-19-8-6-7-9-21(19)17-27/h6-9,18,20H,4-5,10-17H2,1-3H3,(H,24,25). The van der Waals surface area contributed by atoms with Crippen LogP contribution >= 0.6 is 0 Å². The number of guanidine groups is 1. The van der Waals surface area contributed by atoms with E-state index in [1.165, 1.54) is 11.1 Å². The number of piperidine rings is 1. The molecule has 0 spiro atoms. The molecule has 3 rings (SSSR count). The first-order valence-electron chi connectivity index (χ1n) is 11.1. The van der Waals surface area contributed by atoms with E-state index in [0.29, 0.717) is 12.6 Å². The Morgan fingerprint density at radius 3 is 2.62 bits per heavy atom. The zero-order valence-electron chi connectivity index (χ0n) is 18.2. The largest absolute Gasteiger partial charge is 0.466 e. The molecule has 0 aromatic heterocycles. The van der Waals surface area contributed by atoms with Crippen LogP contribution in [0.5, 0.6) is 0 Å². The number of benzene rings is 1. The molecule has 29 heavy (non-hydrogen) atoms. The predicted molar refractivity (Wildman–Crippen MR) is 117 cm³/mol. The second kappa shape index (κ2) is 10.6. The number of ether oxygens (including phenoxy) is 1. The Labute approximate surface area is 175 Å². The van der Waals surface area contributed by atoms with Crippen molar-refractivity contribution in [2.75, 3.05) is 39.3 Å². The SMILES string of the molecule is CCNC(=NCC(C)N1CCc2ccccc2C1)N1CCC(C(=O)OCC)CC1. The third-order valence-corrected chi connectivity index (χ3v) is 6.04. The third kappa shape index (κ3) is 5.72. The Kier molecular flexibility index (Phi) is 7.92. The lowest BCUT2D eigenvalue weighted by Crippen LogP contribution is -2.47. The maximum Gasteiger partial charge on any atom is 0.309 e. The molecule has 1 atom stereocenters. The topological polar surface area (TPSA) is 57.2 Å². The number of likely N-dealkylation sites (tertiary alicyclic amines) is 1. The van der Waals surface area contributed by atoms with Crippen molar-refractivity contribution >= 4 is 11.9 Å². The average molecular weight is 401 g/mol. The number of hydrogen-bond donors (Lipinski definition) is 1. The van der Waals surface area contributed by atoms with Gasteiger partial charge in [-0.1, -0.05) is 24.3 Å². The van der Waals surface area contributed by atoms with Gasteiger partial charge in [-0.3, -0.25) is 14.7 Å². The number of carbonyl (C=O) groups excluding carboxylic acids is 1. The summed E-state index contributed by atoms with van der Waals surface area (Å²) in [6.07, 6.45) is 2.79. The monoisotopic (exact) mass is 400 g/mol. The van der Waals surface area contributed by atoms with Crippen molar-refractivity contribution in [2.24, 2.45) is 10.9 Å². The molecule has 1 aromatic rings. The molecule has 2 heterocycles. The Morgan fingerprint density at radius 2 is 1.93 bits per heavy atom. The summed E-state index contributed by atoms with van der Waals surface area (Å²) in [5.74, 6) is 0.952. The van der Waals surface area contributed by atoms with Gasteiger partial charge >= 0.3 is 5.97 Å². The first-order valence-corrected chi connectivity index (χ1v) is 11.1. The van der Waals surface area contributed by atoms with E-state index in [2.05, 4.69) is 53.2 Å². The highest BCUT2D eigenvalue weighted by Gasteiger charge is 2.27.